The second kappa shape index (κ2) is 4.68. The molecule has 2 rings (SSSR count). The van der Waals surface area contributed by atoms with Gasteiger partial charge in [0.2, 0.25) is 0 Å². The van der Waals surface area contributed by atoms with Gasteiger partial charge >= 0.3 is 5.69 Å². The van der Waals surface area contributed by atoms with E-state index in [1.165, 1.54) is 19.3 Å². The smallest absolute Gasteiger partial charge is 0.331 e. The monoisotopic (exact) mass is 267 g/mol. The van der Waals surface area contributed by atoms with Gasteiger partial charge < -0.3 is 10.3 Å². The molecule has 1 heterocycles. The molecule has 0 unspecified atom stereocenters. The summed E-state index contributed by atoms with van der Waals surface area (Å²) in [4.78, 5) is 23.5. The van der Waals surface area contributed by atoms with Crippen molar-refractivity contribution in [3.63, 3.8) is 0 Å². The van der Waals surface area contributed by atoms with E-state index < -0.39 is 29.4 Å². The van der Waals surface area contributed by atoms with Gasteiger partial charge in [-0.05, 0) is 12.1 Å². The number of rotatable bonds is 2. The molecule has 0 saturated heterocycles. The molecule has 0 aliphatic heterocycles. The molecule has 0 saturated carbocycles. The first-order valence-corrected chi connectivity index (χ1v) is 5.40. The van der Waals surface area contributed by atoms with Crippen molar-refractivity contribution in [2.45, 2.75) is 6.54 Å². The van der Waals surface area contributed by atoms with Crippen molar-refractivity contribution in [3.05, 3.63) is 62.4 Å². The van der Waals surface area contributed by atoms with E-state index in [1.807, 2.05) is 0 Å². The van der Waals surface area contributed by atoms with Crippen LogP contribution in [0.3, 0.4) is 0 Å². The summed E-state index contributed by atoms with van der Waals surface area (Å²) in [6, 6.07) is 3.31. The van der Waals surface area contributed by atoms with Gasteiger partial charge in [-0.25, -0.2) is 13.6 Å². The van der Waals surface area contributed by atoms with E-state index in [0.29, 0.717) is 4.57 Å². The fourth-order valence-corrected chi connectivity index (χ4v) is 1.73. The molecule has 1 aromatic carbocycles. The summed E-state index contributed by atoms with van der Waals surface area (Å²) < 4.78 is 28.8. The Morgan fingerprint density at radius 3 is 2.37 bits per heavy atom. The third-order valence-electron chi connectivity index (χ3n) is 2.74. The van der Waals surface area contributed by atoms with E-state index >= 15 is 0 Å². The molecule has 0 bridgehead atoms. The van der Waals surface area contributed by atoms with Crippen LogP contribution >= 0.6 is 0 Å². The van der Waals surface area contributed by atoms with Crippen LogP contribution in [-0.4, -0.2) is 9.13 Å². The molecular formula is C12H11F2N3O2. The quantitative estimate of drug-likeness (QED) is 0.859. The Balaban J connectivity index is 2.63. The van der Waals surface area contributed by atoms with Gasteiger partial charge in [0.15, 0.2) is 0 Å². The average Bonchev–Trinajstić information content (AvgIpc) is 2.35. The molecular weight excluding hydrogens is 256 g/mol. The number of nitrogens with zero attached hydrogens (tertiary/aromatic N) is 2. The largest absolute Gasteiger partial charge is 0.393 e. The summed E-state index contributed by atoms with van der Waals surface area (Å²) in [7, 11) is 1.40. The number of aromatic nitrogens is 2. The second-order valence-corrected chi connectivity index (χ2v) is 4.07. The zero-order chi connectivity index (χ0) is 14.2. The van der Waals surface area contributed by atoms with E-state index in [-0.39, 0.29) is 11.3 Å². The molecule has 0 atom stereocenters. The van der Waals surface area contributed by atoms with Gasteiger partial charge in [-0.1, -0.05) is 6.07 Å². The van der Waals surface area contributed by atoms with Gasteiger partial charge in [-0.2, -0.15) is 0 Å². The minimum absolute atomic E-state index is 0.168. The summed E-state index contributed by atoms with van der Waals surface area (Å²) in [5.74, 6) is -1.65. The van der Waals surface area contributed by atoms with Crippen LogP contribution in [0.1, 0.15) is 5.56 Å². The molecule has 5 nitrogen and oxygen atoms in total. The second-order valence-electron chi connectivity index (χ2n) is 4.07. The molecule has 0 aliphatic rings. The summed E-state index contributed by atoms with van der Waals surface area (Å²) in [5, 5.41) is 0. The van der Waals surface area contributed by atoms with Crippen LogP contribution in [0.4, 0.5) is 14.5 Å². The Morgan fingerprint density at radius 1 is 1.21 bits per heavy atom. The maximum Gasteiger partial charge on any atom is 0.331 e. The van der Waals surface area contributed by atoms with Crippen molar-refractivity contribution >= 4 is 5.69 Å². The fourth-order valence-electron chi connectivity index (χ4n) is 1.73. The minimum Gasteiger partial charge on any atom is -0.393 e. The van der Waals surface area contributed by atoms with Crippen molar-refractivity contribution in [3.8, 4) is 0 Å². The number of hydrogen-bond donors (Lipinski definition) is 1. The number of aryl methyl sites for hydroxylation is 1. The highest BCUT2D eigenvalue weighted by molar-refractivity contribution is 5.31. The Hall–Kier alpha value is -2.44. The molecule has 0 aliphatic carbocycles. The maximum atomic E-state index is 13.5. The van der Waals surface area contributed by atoms with Crippen molar-refractivity contribution in [1.82, 2.24) is 9.13 Å². The van der Waals surface area contributed by atoms with E-state index in [4.69, 9.17) is 5.73 Å². The van der Waals surface area contributed by atoms with Gasteiger partial charge in [0.05, 0.1) is 6.54 Å². The zero-order valence-corrected chi connectivity index (χ0v) is 10.1. The number of nitrogen functional groups attached to an aromatic ring is 1. The molecule has 0 amide bonds. The molecule has 2 aromatic rings. The standard InChI is InChI=1S/C12H11F2N3O2/c1-16-6-10(15)11(18)17(12(16)19)5-7-8(13)3-2-4-9(7)14/h2-4,6H,5,15H2,1H3. The Labute approximate surface area is 106 Å². The summed E-state index contributed by atoms with van der Waals surface area (Å²) >= 11 is 0. The molecule has 2 N–H and O–H groups in total. The van der Waals surface area contributed by atoms with E-state index in [0.717, 1.165) is 16.7 Å². The zero-order valence-electron chi connectivity index (χ0n) is 10.1. The predicted molar refractivity (Wildman–Crippen MR) is 65.8 cm³/mol. The van der Waals surface area contributed by atoms with Gasteiger partial charge in [-0.15, -0.1) is 0 Å². The van der Waals surface area contributed by atoms with Crippen LogP contribution in [0.2, 0.25) is 0 Å². The number of nitrogens with two attached hydrogens (primary N) is 1. The van der Waals surface area contributed by atoms with Crippen molar-refractivity contribution in [2.24, 2.45) is 7.05 Å². The van der Waals surface area contributed by atoms with Crippen molar-refractivity contribution in [2.75, 3.05) is 5.73 Å². The van der Waals surface area contributed by atoms with E-state index in [2.05, 4.69) is 0 Å². The predicted octanol–water partition coefficient (Wildman–Crippen LogP) is 0.456. The number of anilines is 1. The molecule has 7 heteroatoms. The van der Waals surface area contributed by atoms with Crippen LogP contribution in [0.15, 0.2) is 34.0 Å². The highest BCUT2D eigenvalue weighted by atomic mass is 19.1. The summed E-state index contributed by atoms with van der Waals surface area (Å²) in [6.07, 6.45) is 1.17. The van der Waals surface area contributed by atoms with Crippen LogP contribution in [0, 0.1) is 11.6 Å². The highest BCUT2D eigenvalue weighted by Gasteiger charge is 2.13. The van der Waals surface area contributed by atoms with Crippen LogP contribution < -0.4 is 17.0 Å². The maximum absolute atomic E-state index is 13.5. The molecule has 0 fully saturated rings. The van der Waals surface area contributed by atoms with Gasteiger partial charge in [0.1, 0.15) is 17.3 Å². The Bertz CT molecular complexity index is 695. The Kier molecular flexibility index (Phi) is 3.20. The molecule has 0 radical (unpaired) electrons. The normalized spacial score (nSPS) is 10.7. The first kappa shape index (κ1) is 13.0. The lowest BCUT2D eigenvalue weighted by atomic mass is 10.2. The van der Waals surface area contributed by atoms with Gasteiger partial charge in [0, 0.05) is 18.8 Å². The summed E-state index contributed by atoms with van der Waals surface area (Å²) in [5.41, 5.74) is 3.45. The van der Waals surface area contributed by atoms with Crippen LogP contribution in [0.25, 0.3) is 0 Å². The summed E-state index contributed by atoms with van der Waals surface area (Å²) in [6.45, 7) is -0.505. The average molecular weight is 267 g/mol. The van der Waals surface area contributed by atoms with Crippen LogP contribution in [0.5, 0.6) is 0 Å². The third kappa shape index (κ3) is 2.26. The SMILES string of the molecule is Cn1cc(N)c(=O)n(Cc2c(F)cccc2F)c1=O. The first-order valence-electron chi connectivity index (χ1n) is 5.40. The molecule has 100 valence electrons. The Morgan fingerprint density at radius 2 is 1.79 bits per heavy atom. The molecule has 1 aromatic heterocycles. The highest BCUT2D eigenvalue weighted by Crippen LogP contribution is 2.12. The van der Waals surface area contributed by atoms with Gasteiger partial charge in [-0.3, -0.25) is 9.36 Å². The fraction of sp³-hybridized carbons (Fsp3) is 0.167. The van der Waals surface area contributed by atoms with Crippen LogP contribution in [-0.2, 0) is 13.6 Å². The lowest BCUT2D eigenvalue weighted by Crippen LogP contribution is -2.40. The third-order valence-corrected chi connectivity index (χ3v) is 2.74. The van der Waals surface area contributed by atoms with E-state index in [1.54, 1.807) is 0 Å². The number of halogens is 2. The number of benzene rings is 1. The van der Waals surface area contributed by atoms with Crippen molar-refractivity contribution in [1.29, 1.82) is 0 Å². The minimum atomic E-state index is -0.823. The lowest BCUT2D eigenvalue weighted by molar-refractivity contribution is 0.530. The molecule has 0 spiro atoms. The van der Waals surface area contributed by atoms with Crippen molar-refractivity contribution < 1.29 is 8.78 Å². The number of hydrogen-bond acceptors (Lipinski definition) is 3. The topological polar surface area (TPSA) is 70.0 Å². The molecule has 19 heavy (non-hydrogen) atoms. The van der Waals surface area contributed by atoms with E-state index in [9.17, 15) is 18.4 Å². The first-order chi connectivity index (χ1) is 8.91. The van der Waals surface area contributed by atoms with Gasteiger partial charge in [0.25, 0.3) is 5.56 Å². The lowest BCUT2D eigenvalue weighted by Gasteiger charge is -2.09.